The lowest BCUT2D eigenvalue weighted by Gasteiger charge is -2.40. The fraction of sp³-hybridized carbons (Fsp3) is 0.600. The lowest BCUT2D eigenvalue weighted by Crippen LogP contribution is -2.45. The van der Waals surface area contributed by atoms with Gasteiger partial charge in [-0.1, -0.05) is 37.3 Å². The van der Waals surface area contributed by atoms with Crippen LogP contribution in [0.2, 0.25) is 0 Å². The normalized spacial score (nSPS) is 21.8. The van der Waals surface area contributed by atoms with Crippen molar-refractivity contribution >= 4 is 0 Å². The quantitative estimate of drug-likeness (QED) is 0.699. The van der Waals surface area contributed by atoms with Gasteiger partial charge in [-0.3, -0.25) is 0 Å². The van der Waals surface area contributed by atoms with Crippen LogP contribution in [0.5, 0.6) is 0 Å². The highest BCUT2D eigenvalue weighted by atomic mass is 16.6. The van der Waals surface area contributed by atoms with Gasteiger partial charge in [-0.15, -0.1) is 0 Å². The lowest BCUT2D eigenvalue weighted by atomic mass is 9.84. The van der Waals surface area contributed by atoms with Crippen LogP contribution in [0.4, 0.5) is 0 Å². The van der Waals surface area contributed by atoms with E-state index in [0.29, 0.717) is 6.54 Å². The van der Waals surface area contributed by atoms with Gasteiger partial charge in [0.25, 0.3) is 0 Å². The molecule has 0 spiro atoms. The van der Waals surface area contributed by atoms with E-state index in [9.17, 15) is 5.11 Å². The maximum atomic E-state index is 10.2. The van der Waals surface area contributed by atoms with Gasteiger partial charge >= 0.3 is 0 Å². The molecule has 2 atom stereocenters. The molecule has 19 heavy (non-hydrogen) atoms. The van der Waals surface area contributed by atoms with E-state index in [1.807, 2.05) is 25.1 Å². The van der Waals surface area contributed by atoms with Crippen LogP contribution in [0, 0.1) is 5.92 Å². The largest absolute Gasteiger partial charge is 0.368 e. The first-order valence-electron chi connectivity index (χ1n) is 7.00. The smallest absolute Gasteiger partial charge is 0.159 e. The van der Waals surface area contributed by atoms with Crippen LogP contribution in [0.3, 0.4) is 0 Å². The van der Waals surface area contributed by atoms with Crippen molar-refractivity contribution in [2.45, 2.75) is 31.7 Å². The highest BCUT2D eigenvalue weighted by Crippen LogP contribution is 2.36. The average Bonchev–Trinajstić information content (AvgIpc) is 2.48. The molecule has 1 heterocycles. The molecule has 1 aliphatic rings. The van der Waals surface area contributed by atoms with E-state index in [0.717, 1.165) is 31.5 Å². The summed E-state index contributed by atoms with van der Waals surface area (Å²) in [6, 6.07) is 10.2. The van der Waals surface area contributed by atoms with Crippen LogP contribution in [-0.2, 0) is 10.3 Å². The fourth-order valence-corrected chi connectivity index (χ4v) is 2.51. The number of hydrogen-bond donors (Lipinski definition) is 3. The third kappa shape index (κ3) is 3.34. The second-order valence-electron chi connectivity index (χ2n) is 5.33. The molecule has 0 radical (unpaired) electrons. The zero-order valence-electron chi connectivity index (χ0n) is 11.5. The number of rotatable bonds is 5. The number of benzene rings is 1. The Bertz CT molecular complexity index is 377. The van der Waals surface area contributed by atoms with Crippen molar-refractivity contribution in [3.05, 3.63) is 35.9 Å². The summed E-state index contributed by atoms with van der Waals surface area (Å²) in [5, 5.41) is 13.5. The monoisotopic (exact) mass is 264 g/mol. The number of hydrogen-bond acceptors (Lipinski definition) is 4. The number of aliphatic hydroxyl groups is 1. The molecule has 1 aromatic carbocycles. The van der Waals surface area contributed by atoms with Crippen molar-refractivity contribution in [2.24, 2.45) is 11.7 Å². The number of nitrogens with one attached hydrogen (secondary N) is 1. The average molecular weight is 264 g/mol. The Hall–Kier alpha value is -0.940. The highest BCUT2D eigenvalue weighted by molar-refractivity contribution is 5.23. The van der Waals surface area contributed by atoms with Gasteiger partial charge in [-0.25, -0.2) is 0 Å². The van der Waals surface area contributed by atoms with Crippen molar-refractivity contribution in [2.75, 3.05) is 19.6 Å². The molecule has 1 aliphatic heterocycles. The number of aliphatic hydroxyl groups excluding tert-OH is 1. The molecule has 1 fully saturated rings. The summed E-state index contributed by atoms with van der Waals surface area (Å²) in [6.07, 6.45) is 0.916. The minimum Gasteiger partial charge on any atom is -0.368 e. The maximum Gasteiger partial charge on any atom is 0.159 e. The molecule has 2 unspecified atom stereocenters. The number of nitrogens with two attached hydrogens (primary N) is 1. The van der Waals surface area contributed by atoms with E-state index in [4.69, 9.17) is 10.5 Å². The topological polar surface area (TPSA) is 67.5 Å². The fourth-order valence-electron chi connectivity index (χ4n) is 2.51. The Kier molecular flexibility index (Phi) is 4.93. The molecule has 0 aliphatic carbocycles. The Labute approximate surface area is 115 Å². The van der Waals surface area contributed by atoms with E-state index in [1.54, 1.807) is 0 Å². The third-order valence-electron chi connectivity index (χ3n) is 3.92. The van der Waals surface area contributed by atoms with Crippen LogP contribution in [0.15, 0.2) is 30.3 Å². The van der Waals surface area contributed by atoms with Crippen molar-refractivity contribution in [1.82, 2.24) is 5.32 Å². The van der Waals surface area contributed by atoms with Crippen LogP contribution in [-0.4, -0.2) is 31.0 Å². The summed E-state index contributed by atoms with van der Waals surface area (Å²) >= 11 is 0. The van der Waals surface area contributed by atoms with Gasteiger partial charge in [0.2, 0.25) is 0 Å². The second kappa shape index (κ2) is 6.48. The molecule has 1 saturated heterocycles. The minimum atomic E-state index is -0.816. The molecular formula is C15H24N2O2. The summed E-state index contributed by atoms with van der Waals surface area (Å²) in [5.41, 5.74) is 6.35. The standard InChI is InChI=1S/C15H24N2O2/c1-12(11-16)14(18)19-15(7-9-17-10-8-15)13-5-3-2-4-6-13/h2-6,12,14,17-18H,7-11,16H2,1H3. The van der Waals surface area contributed by atoms with Gasteiger partial charge in [-0.2, -0.15) is 0 Å². The van der Waals surface area contributed by atoms with E-state index < -0.39 is 11.9 Å². The molecule has 0 amide bonds. The molecule has 0 aromatic heterocycles. The molecule has 4 heteroatoms. The summed E-state index contributed by atoms with van der Waals surface area (Å²) < 4.78 is 6.05. The van der Waals surface area contributed by atoms with Crippen molar-refractivity contribution in [1.29, 1.82) is 0 Å². The highest BCUT2D eigenvalue weighted by Gasteiger charge is 2.37. The van der Waals surface area contributed by atoms with Gasteiger partial charge in [0.05, 0.1) is 5.60 Å². The van der Waals surface area contributed by atoms with Crippen molar-refractivity contribution in [3.8, 4) is 0 Å². The predicted molar refractivity (Wildman–Crippen MR) is 75.5 cm³/mol. The summed E-state index contributed by atoms with van der Waals surface area (Å²) in [7, 11) is 0. The van der Waals surface area contributed by atoms with Crippen LogP contribution < -0.4 is 11.1 Å². The Morgan fingerprint density at radius 3 is 2.53 bits per heavy atom. The third-order valence-corrected chi connectivity index (χ3v) is 3.92. The Morgan fingerprint density at radius 2 is 1.95 bits per heavy atom. The second-order valence-corrected chi connectivity index (χ2v) is 5.33. The molecular weight excluding hydrogens is 240 g/mol. The first-order valence-corrected chi connectivity index (χ1v) is 7.00. The number of piperidine rings is 1. The van der Waals surface area contributed by atoms with Gasteiger partial charge in [-0.05, 0) is 38.0 Å². The van der Waals surface area contributed by atoms with Crippen molar-refractivity contribution < 1.29 is 9.84 Å². The van der Waals surface area contributed by atoms with Gasteiger partial charge in [0.15, 0.2) is 6.29 Å². The van der Waals surface area contributed by atoms with E-state index in [1.165, 1.54) is 0 Å². The Balaban J connectivity index is 2.20. The first kappa shape index (κ1) is 14.5. The molecule has 4 nitrogen and oxygen atoms in total. The lowest BCUT2D eigenvalue weighted by molar-refractivity contribution is -0.218. The van der Waals surface area contributed by atoms with Crippen LogP contribution in [0.25, 0.3) is 0 Å². The van der Waals surface area contributed by atoms with Crippen LogP contribution in [0.1, 0.15) is 25.3 Å². The summed E-state index contributed by atoms with van der Waals surface area (Å²) in [5.74, 6) is -0.0597. The summed E-state index contributed by atoms with van der Waals surface area (Å²) in [4.78, 5) is 0. The van der Waals surface area contributed by atoms with E-state index in [-0.39, 0.29) is 5.92 Å². The first-order chi connectivity index (χ1) is 9.18. The molecule has 1 aromatic rings. The number of ether oxygens (including phenoxy) is 1. The molecule has 4 N–H and O–H groups in total. The Morgan fingerprint density at radius 1 is 1.32 bits per heavy atom. The predicted octanol–water partition coefficient (Wildman–Crippen LogP) is 1.20. The van der Waals surface area contributed by atoms with Gasteiger partial charge in [0, 0.05) is 5.92 Å². The maximum absolute atomic E-state index is 10.2. The van der Waals surface area contributed by atoms with E-state index in [2.05, 4.69) is 17.4 Å². The van der Waals surface area contributed by atoms with Gasteiger partial charge in [0.1, 0.15) is 0 Å². The zero-order valence-corrected chi connectivity index (χ0v) is 11.5. The van der Waals surface area contributed by atoms with Crippen molar-refractivity contribution in [3.63, 3.8) is 0 Å². The minimum absolute atomic E-state index is 0.0597. The molecule has 0 bridgehead atoms. The van der Waals surface area contributed by atoms with Crippen LogP contribution >= 0.6 is 0 Å². The SMILES string of the molecule is CC(CN)C(O)OC1(c2ccccc2)CCNCC1. The summed E-state index contributed by atoms with van der Waals surface area (Å²) in [6.45, 7) is 4.13. The molecule has 0 saturated carbocycles. The molecule has 2 rings (SSSR count). The van der Waals surface area contributed by atoms with Gasteiger partial charge < -0.3 is 20.9 Å². The van der Waals surface area contributed by atoms with E-state index >= 15 is 0 Å². The molecule has 106 valence electrons. The zero-order chi connectivity index (χ0) is 13.7.